The van der Waals surface area contributed by atoms with Crippen LogP contribution in [0, 0.1) is 17.6 Å². The molecule has 0 amide bonds. The summed E-state index contributed by atoms with van der Waals surface area (Å²) in [6.45, 7) is 8.29. The average molecular weight is 341 g/mol. The molecule has 0 aromatic heterocycles. The van der Waals surface area contributed by atoms with E-state index in [1.165, 1.54) is 12.1 Å². The van der Waals surface area contributed by atoms with Crippen LogP contribution in [0.25, 0.3) is 0 Å². The van der Waals surface area contributed by atoms with Crippen LogP contribution in [-0.2, 0) is 11.2 Å². The summed E-state index contributed by atoms with van der Waals surface area (Å²) in [5.41, 5.74) is 0.617. The maximum Gasteiger partial charge on any atom is 0.190 e. The van der Waals surface area contributed by atoms with Gasteiger partial charge in [-0.05, 0) is 43.4 Å². The predicted octanol–water partition coefficient (Wildman–Crippen LogP) is 3.12. The molecule has 1 rings (SSSR count). The Hall–Kier alpha value is -1.69. The van der Waals surface area contributed by atoms with E-state index in [1.807, 2.05) is 6.92 Å². The Balaban J connectivity index is 2.34. The third-order valence-corrected chi connectivity index (χ3v) is 3.70. The number of ether oxygens (including phenoxy) is 1. The number of rotatable bonds is 9. The Morgan fingerprint density at radius 3 is 2.29 bits per heavy atom. The van der Waals surface area contributed by atoms with Gasteiger partial charge in [0, 0.05) is 32.8 Å². The van der Waals surface area contributed by atoms with Crippen LogP contribution in [0.1, 0.15) is 32.8 Å². The zero-order valence-corrected chi connectivity index (χ0v) is 15.0. The minimum Gasteiger partial charge on any atom is -0.378 e. The van der Waals surface area contributed by atoms with Crippen molar-refractivity contribution in [2.24, 2.45) is 10.9 Å². The van der Waals surface area contributed by atoms with Crippen LogP contribution in [0.3, 0.4) is 0 Å². The zero-order valence-electron chi connectivity index (χ0n) is 15.0. The molecule has 6 heteroatoms. The molecule has 0 aliphatic heterocycles. The fraction of sp³-hybridized carbons (Fsp3) is 0.611. The van der Waals surface area contributed by atoms with E-state index in [4.69, 9.17) is 4.74 Å². The Kier molecular flexibility index (Phi) is 9.30. The standard InChI is InChI=1S/C18H29F2N3O/c1-5-24-17(13(2)3)7-9-23-18(21-4)22-8-6-14-10-15(19)12-16(20)11-14/h10-13,17H,5-9H2,1-4H3,(H2,21,22,23). The molecular formula is C18H29F2N3O. The Morgan fingerprint density at radius 2 is 1.75 bits per heavy atom. The van der Waals surface area contributed by atoms with Gasteiger partial charge >= 0.3 is 0 Å². The molecule has 0 aliphatic carbocycles. The molecule has 0 spiro atoms. The lowest BCUT2D eigenvalue weighted by Crippen LogP contribution is -2.40. The lowest BCUT2D eigenvalue weighted by molar-refractivity contribution is 0.0258. The van der Waals surface area contributed by atoms with Gasteiger partial charge in [0.05, 0.1) is 6.10 Å². The summed E-state index contributed by atoms with van der Waals surface area (Å²) >= 11 is 0. The van der Waals surface area contributed by atoms with Crippen LogP contribution in [0.15, 0.2) is 23.2 Å². The Morgan fingerprint density at radius 1 is 1.12 bits per heavy atom. The Labute approximate surface area is 143 Å². The average Bonchev–Trinajstić information content (AvgIpc) is 2.51. The van der Waals surface area contributed by atoms with Crippen molar-refractivity contribution in [3.05, 3.63) is 35.4 Å². The van der Waals surface area contributed by atoms with Gasteiger partial charge in [0.2, 0.25) is 0 Å². The summed E-state index contributed by atoms with van der Waals surface area (Å²) in [6, 6.07) is 3.56. The molecular weight excluding hydrogens is 312 g/mol. The number of aliphatic imine (C=N–C) groups is 1. The summed E-state index contributed by atoms with van der Waals surface area (Å²) in [4.78, 5) is 4.15. The SMILES string of the molecule is CCOC(CCNC(=NC)NCCc1cc(F)cc(F)c1)C(C)C. The highest BCUT2D eigenvalue weighted by Crippen LogP contribution is 2.10. The second kappa shape index (κ2) is 11.0. The largest absolute Gasteiger partial charge is 0.378 e. The van der Waals surface area contributed by atoms with Gasteiger partial charge in [-0.25, -0.2) is 8.78 Å². The lowest BCUT2D eigenvalue weighted by atomic mass is 10.0. The predicted molar refractivity (Wildman–Crippen MR) is 94.3 cm³/mol. The molecule has 1 aromatic carbocycles. The first-order valence-electron chi connectivity index (χ1n) is 8.47. The van der Waals surface area contributed by atoms with Crippen molar-refractivity contribution < 1.29 is 13.5 Å². The van der Waals surface area contributed by atoms with E-state index in [9.17, 15) is 8.78 Å². The van der Waals surface area contributed by atoms with E-state index >= 15 is 0 Å². The van der Waals surface area contributed by atoms with Crippen molar-refractivity contribution in [3.8, 4) is 0 Å². The molecule has 1 atom stereocenters. The van der Waals surface area contributed by atoms with Crippen molar-refractivity contribution in [1.29, 1.82) is 0 Å². The first-order chi connectivity index (χ1) is 11.5. The van der Waals surface area contributed by atoms with Gasteiger partial charge in [-0.3, -0.25) is 4.99 Å². The fourth-order valence-electron chi connectivity index (χ4n) is 2.46. The second-order valence-electron chi connectivity index (χ2n) is 5.98. The van der Waals surface area contributed by atoms with Crippen LogP contribution in [0.4, 0.5) is 8.78 Å². The monoisotopic (exact) mass is 341 g/mol. The number of hydrogen-bond acceptors (Lipinski definition) is 2. The van der Waals surface area contributed by atoms with Gasteiger partial charge in [-0.2, -0.15) is 0 Å². The smallest absolute Gasteiger partial charge is 0.190 e. The first kappa shape index (κ1) is 20.4. The zero-order chi connectivity index (χ0) is 17.9. The fourth-order valence-corrected chi connectivity index (χ4v) is 2.46. The van der Waals surface area contributed by atoms with Gasteiger partial charge in [0.1, 0.15) is 11.6 Å². The van der Waals surface area contributed by atoms with Crippen LogP contribution < -0.4 is 10.6 Å². The van der Waals surface area contributed by atoms with E-state index < -0.39 is 11.6 Å². The summed E-state index contributed by atoms with van der Waals surface area (Å²) < 4.78 is 32.0. The number of nitrogens with zero attached hydrogens (tertiary/aromatic N) is 1. The van der Waals surface area contributed by atoms with E-state index in [2.05, 4.69) is 29.5 Å². The number of nitrogens with one attached hydrogen (secondary N) is 2. The molecule has 0 fully saturated rings. The molecule has 24 heavy (non-hydrogen) atoms. The molecule has 0 saturated heterocycles. The molecule has 1 unspecified atom stereocenters. The molecule has 1 aromatic rings. The van der Waals surface area contributed by atoms with Gasteiger partial charge in [0.15, 0.2) is 5.96 Å². The molecule has 4 nitrogen and oxygen atoms in total. The van der Waals surface area contributed by atoms with Crippen molar-refractivity contribution in [1.82, 2.24) is 10.6 Å². The lowest BCUT2D eigenvalue weighted by Gasteiger charge is -2.21. The molecule has 136 valence electrons. The highest BCUT2D eigenvalue weighted by molar-refractivity contribution is 5.79. The molecule has 0 saturated carbocycles. The third kappa shape index (κ3) is 7.73. The maximum atomic E-state index is 13.1. The summed E-state index contributed by atoms with van der Waals surface area (Å²) in [5.74, 6) is 0.0294. The van der Waals surface area contributed by atoms with Gasteiger partial charge < -0.3 is 15.4 Å². The highest BCUT2D eigenvalue weighted by Gasteiger charge is 2.12. The summed E-state index contributed by atoms with van der Waals surface area (Å²) in [5, 5.41) is 6.38. The molecule has 0 radical (unpaired) electrons. The highest BCUT2D eigenvalue weighted by atomic mass is 19.1. The van der Waals surface area contributed by atoms with Crippen LogP contribution in [-0.4, -0.2) is 38.8 Å². The van der Waals surface area contributed by atoms with Crippen molar-refractivity contribution in [2.45, 2.75) is 39.7 Å². The van der Waals surface area contributed by atoms with Crippen molar-refractivity contribution in [2.75, 3.05) is 26.7 Å². The van der Waals surface area contributed by atoms with Crippen molar-refractivity contribution >= 4 is 5.96 Å². The van der Waals surface area contributed by atoms with Crippen LogP contribution in [0.5, 0.6) is 0 Å². The third-order valence-electron chi connectivity index (χ3n) is 3.70. The summed E-state index contributed by atoms with van der Waals surface area (Å²) in [7, 11) is 1.69. The number of halogens is 2. The molecule has 0 heterocycles. The topological polar surface area (TPSA) is 45.6 Å². The van der Waals surface area contributed by atoms with Gasteiger partial charge in [-0.1, -0.05) is 13.8 Å². The van der Waals surface area contributed by atoms with E-state index in [-0.39, 0.29) is 6.10 Å². The number of hydrogen-bond donors (Lipinski definition) is 2. The summed E-state index contributed by atoms with van der Waals surface area (Å²) in [6.07, 6.45) is 1.63. The second-order valence-corrected chi connectivity index (χ2v) is 5.98. The maximum absolute atomic E-state index is 13.1. The molecule has 0 aliphatic rings. The molecule has 2 N–H and O–H groups in total. The van der Waals surface area contributed by atoms with Crippen LogP contribution in [0.2, 0.25) is 0 Å². The minimum atomic E-state index is -0.553. The first-order valence-corrected chi connectivity index (χ1v) is 8.47. The van der Waals surface area contributed by atoms with E-state index in [1.54, 1.807) is 7.05 Å². The van der Waals surface area contributed by atoms with Crippen molar-refractivity contribution in [3.63, 3.8) is 0 Å². The van der Waals surface area contributed by atoms with E-state index in [0.717, 1.165) is 19.0 Å². The number of guanidine groups is 1. The number of benzene rings is 1. The molecule has 0 bridgehead atoms. The minimum absolute atomic E-state index is 0.218. The normalized spacial score (nSPS) is 13.2. The quantitative estimate of drug-likeness (QED) is 0.536. The van der Waals surface area contributed by atoms with Gasteiger partial charge in [0.25, 0.3) is 0 Å². The van der Waals surface area contributed by atoms with Crippen LogP contribution >= 0.6 is 0 Å². The van der Waals surface area contributed by atoms with Gasteiger partial charge in [-0.15, -0.1) is 0 Å². The Bertz CT molecular complexity index is 501. The van der Waals surface area contributed by atoms with E-state index in [0.29, 0.717) is 37.0 Å².